The molecule has 4 heteroatoms. The summed E-state index contributed by atoms with van der Waals surface area (Å²) in [7, 11) is 0. The summed E-state index contributed by atoms with van der Waals surface area (Å²) >= 11 is 0. The van der Waals surface area contributed by atoms with Crippen LogP contribution in [0.25, 0.3) is 32.3 Å². The maximum Gasteiger partial charge on any atom is 0.306 e. The van der Waals surface area contributed by atoms with Crippen molar-refractivity contribution >= 4 is 38.3 Å². The van der Waals surface area contributed by atoms with Gasteiger partial charge in [0.1, 0.15) is 6.10 Å². The minimum atomic E-state index is -0.365. The van der Waals surface area contributed by atoms with E-state index in [2.05, 4.69) is 92.7 Å². The third-order valence-electron chi connectivity index (χ3n) is 13.0. The summed E-state index contributed by atoms with van der Waals surface area (Å²) in [4.78, 5) is 13.2. The van der Waals surface area contributed by atoms with Crippen molar-refractivity contribution in [1.29, 1.82) is 0 Å². The minimum Gasteiger partial charge on any atom is -0.457 e. The first-order chi connectivity index (χ1) is 31.2. The highest BCUT2D eigenvalue weighted by Crippen LogP contribution is 2.36. The van der Waals surface area contributed by atoms with Crippen LogP contribution in [0.15, 0.2) is 78.9 Å². The van der Waals surface area contributed by atoms with E-state index in [0.717, 1.165) is 25.7 Å². The number of carbonyl (C=O) groups excluding carboxylic acids is 1. The molecule has 350 valence electrons. The van der Waals surface area contributed by atoms with Crippen LogP contribution in [0.5, 0.6) is 0 Å². The maximum atomic E-state index is 13.2. The number of carbonyl (C=O) groups is 1. The zero-order valence-electron chi connectivity index (χ0n) is 40.5. The van der Waals surface area contributed by atoms with Crippen LogP contribution >= 0.6 is 0 Å². The molecule has 4 aromatic rings. The maximum absolute atomic E-state index is 13.2. The molecule has 0 bridgehead atoms. The molecular weight excluding hydrogens is 773 g/mol. The first-order valence-electron chi connectivity index (χ1n) is 26.5. The van der Waals surface area contributed by atoms with Crippen molar-refractivity contribution in [2.24, 2.45) is 0 Å². The summed E-state index contributed by atoms with van der Waals surface area (Å²) in [5.74, 6) is -0.153. The monoisotopic (exact) mass is 863 g/mol. The third kappa shape index (κ3) is 22.5. The summed E-state index contributed by atoms with van der Waals surface area (Å²) in [5.41, 5.74) is 1.29. The number of unbranched alkanes of at least 4 members (excludes halogenated alkanes) is 24. The molecule has 0 aromatic heterocycles. The molecule has 0 spiro atoms. The molecule has 4 aromatic carbocycles. The molecule has 0 aliphatic rings. The van der Waals surface area contributed by atoms with Gasteiger partial charge in [-0.25, -0.2) is 0 Å². The lowest BCUT2D eigenvalue weighted by Gasteiger charge is -2.19. The standard InChI is InChI=1S/C59H90O4/c1-3-5-7-9-11-13-15-17-19-21-23-25-27-29-31-33-47-61-49-55(50-62-48-34-32-30-28-26-24-22-20-18-16-14-12-10-8-6-4-2)63-57(60)40-36-37-51-41-42-54-44-43-52-38-35-39-53-45-46-56(51)59(54)58(52)53/h17-20,35,38-39,41-46,55H,3-16,21-34,36-37,40,47-50H2,1-2H3/b19-17-,20-18-. The second-order valence-electron chi connectivity index (χ2n) is 18.6. The summed E-state index contributed by atoms with van der Waals surface area (Å²) in [6, 6.07) is 20.0. The Hall–Kier alpha value is -3.21. The summed E-state index contributed by atoms with van der Waals surface area (Å²) in [6.45, 7) is 6.78. The number of hydrogen-bond acceptors (Lipinski definition) is 4. The Kier molecular flexibility index (Phi) is 29.2. The minimum absolute atomic E-state index is 0.153. The van der Waals surface area contributed by atoms with Crippen molar-refractivity contribution in [3.63, 3.8) is 0 Å². The van der Waals surface area contributed by atoms with Gasteiger partial charge in [-0.2, -0.15) is 0 Å². The van der Waals surface area contributed by atoms with Gasteiger partial charge in [0.2, 0.25) is 0 Å². The van der Waals surface area contributed by atoms with Crippen molar-refractivity contribution in [3.05, 3.63) is 84.5 Å². The number of benzene rings is 4. The second kappa shape index (κ2) is 35.1. The van der Waals surface area contributed by atoms with Crippen molar-refractivity contribution in [2.45, 2.75) is 219 Å². The smallest absolute Gasteiger partial charge is 0.306 e. The molecule has 0 aliphatic carbocycles. The molecule has 4 rings (SSSR count). The molecule has 0 radical (unpaired) electrons. The molecule has 0 fully saturated rings. The number of allylic oxidation sites excluding steroid dienone is 4. The molecule has 0 aliphatic heterocycles. The topological polar surface area (TPSA) is 44.8 Å². The lowest BCUT2D eigenvalue weighted by Crippen LogP contribution is -2.29. The molecule has 0 unspecified atom stereocenters. The Labute approximate surface area is 385 Å². The molecule has 0 saturated carbocycles. The van der Waals surface area contributed by atoms with Crippen LogP contribution < -0.4 is 0 Å². The first kappa shape index (κ1) is 52.4. The van der Waals surface area contributed by atoms with Gasteiger partial charge in [0.05, 0.1) is 13.2 Å². The van der Waals surface area contributed by atoms with Gasteiger partial charge < -0.3 is 14.2 Å². The van der Waals surface area contributed by atoms with E-state index in [9.17, 15) is 4.79 Å². The fourth-order valence-corrected chi connectivity index (χ4v) is 9.13. The van der Waals surface area contributed by atoms with Crippen LogP contribution in [0, 0.1) is 0 Å². The van der Waals surface area contributed by atoms with E-state index in [1.54, 1.807) is 0 Å². The summed E-state index contributed by atoms with van der Waals surface area (Å²) in [5, 5.41) is 7.80. The van der Waals surface area contributed by atoms with E-state index in [4.69, 9.17) is 14.2 Å². The fraction of sp³-hybridized carbons (Fsp3) is 0.644. The van der Waals surface area contributed by atoms with Crippen LogP contribution in [-0.4, -0.2) is 38.5 Å². The molecule has 0 saturated heterocycles. The predicted octanol–water partition coefficient (Wildman–Crippen LogP) is 17.9. The molecule has 63 heavy (non-hydrogen) atoms. The summed E-state index contributed by atoms with van der Waals surface area (Å²) in [6.07, 6.45) is 47.5. The number of aryl methyl sites for hydroxylation is 1. The van der Waals surface area contributed by atoms with Crippen LogP contribution in [0.3, 0.4) is 0 Å². The predicted molar refractivity (Wildman–Crippen MR) is 274 cm³/mol. The van der Waals surface area contributed by atoms with E-state index in [-0.39, 0.29) is 12.1 Å². The number of rotatable bonds is 41. The fourth-order valence-electron chi connectivity index (χ4n) is 9.13. The number of esters is 1. The van der Waals surface area contributed by atoms with Gasteiger partial charge in [0, 0.05) is 19.6 Å². The SMILES string of the molecule is CCCCCCCC/C=C\CCCCCCCCOCC(COCCCCCCCC/C=C\CCCCCCCC)OC(=O)CCCc1ccc2ccc3cccc4ccc1c2c34. The van der Waals surface area contributed by atoms with Crippen molar-refractivity contribution in [2.75, 3.05) is 26.4 Å². The van der Waals surface area contributed by atoms with E-state index in [1.165, 1.54) is 205 Å². The van der Waals surface area contributed by atoms with Crippen LogP contribution in [0.2, 0.25) is 0 Å². The van der Waals surface area contributed by atoms with Gasteiger partial charge in [0.25, 0.3) is 0 Å². The number of hydrogen-bond donors (Lipinski definition) is 0. The van der Waals surface area contributed by atoms with Crippen LogP contribution in [0.1, 0.15) is 212 Å². The largest absolute Gasteiger partial charge is 0.457 e. The Morgan fingerprint density at radius 1 is 0.460 bits per heavy atom. The molecule has 0 N–H and O–H groups in total. The zero-order chi connectivity index (χ0) is 44.3. The van der Waals surface area contributed by atoms with Crippen molar-refractivity contribution < 1.29 is 19.0 Å². The summed E-state index contributed by atoms with van der Waals surface area (Å²) < 4.78 is 18.3. The first-order valence-corrected chi connectivity index (χ1v) is 26.5. The third-order valence-corrected chi connectivity index (χ3v) is 13.0. The van der Waals surface area contributed by atoms with E-state index in [0.29, 0.717) is 32.8 Å². The quantitative estimate of drug-likeness (QED) is 0.0193. The van der Waals surface area contributed by atoms with E-state index < -0.39 is 0 Å². The number of ether oxygens (including phenoxy) is 3. The Morgan fingerprint density at radius 3 is 1.37 bits per heavy atom. The average Bonchev–Trinajstić information content (AvgIpc) is 3.30. The van der Waals surface area contributed by atoms with Gasteiger partial charge in [0.15, 0.2) is 0 Å². The molecular formula is C59H90O4. The van der Waals surface area contributed by atoms with Gasteiger partial charge in [-0.15, -0.1) is 0 Å². The highest BCUT2D eigenvalue weighted by molar-refractivity contribution is 6.23. The zero-order valence-corrected chi connectivity index (χ0v) is 40.5. The van der Waals surface area contributed by atoms with Crippen LogP contribution in [0.4, 0.5) is 0 Å². The normalized spacial score (nSPS) is 12.2. The molecule has 4 nitrogen and oxygen atoms in total. The van der Waals surface area contributed by atoms with E-state index in [1.807, 2.05) is 0 Å². The molecule has 0 amide bonds. The van der Waals surface area contributed by atoms with Gasteiger partial charge in [-0.3, -0.25) is 4.79 Å². The lowest BCUT2D eigenvalue weighted by molar-refractivity contribution is -0.156. The second-order valence-corrected chi connectivity index (χ2v) is 18.6. The lowest BCUT2D eigenvalue weighted by atomic mass is 9.90. The molecule has 0 heterocycles. The highest BCUT2D eigenvalue weighted by Gasteiger charge is 2.17. The highest BCUT2D eigenvalue weighted by atomic mass is 16.6. The Morgan fingerprint density at radius 2 is 0.873 bits per heavy atom. The molecule has 0 atom stereocenters. The van der Waals surface area contributed by atoms with Gasteiger partial charge in [-0.1, -0.05) is 208 Å². The van der Waals surface area contributed by atoms with Crippen molar-refractivity contribution in [3.8, 4) is 0 Å². The van der Waals surface area contributed by atoms with Crippen molar-refractivity contribution in [1.82, 2.24) is 0 Å². The van der Waals surface area contributed by atoms with Crippen LogP contribution in [-0.2, 0) is 25.4 Å². The Balaban J connectivity index is 1.09. The van der Waals surface area contributed by atoms with Gasteiger partial charge >= 0.3 is 5.97 Å². The van der Waals surface area contributed by atoms with Gasteiger partial charge in [-0.05, 0) is 115 Å². The Bertz CT molecular complexity index is 1710. The van der Waals surface area contributed by atoms with E-state index >= 15 is 0 Å². The average molecular weight is 863 g/mol.